The molecule has 1 amide bonds. The van der Waals surface area contributed by atoms with E-state index in [1.165, 1.54) is 16.7 Å². The highest BCUT2D eigenvalue weighted by Gasteiger charge is 2.31. The van der Waals surface area contributed by atoms with Crippen LogP contribution in [-0.4, -0.2) is 43.7 Å². The van der Waals surface area contributed by atoms with Crippen molar-refractivity contribution in [3.63, 3.8) is 0 Å². The van der Waals surface area contributed by atoms with Crippen LogP contribution in [-0.2, 0) is 16.1 Å². The van der Waals surface area contributed by atoms with Crippen molar-refractivity contribution in [3.05, 3.63) is 34.9 Å². The topological polar surface area (TPSA) is 41.6 Å². The van der Waals surface area contributed by atoms with E-state index < -0.39 is 0 Å². The molecule has 0 bridgehead atoms. The number of amides is 1. The van der Waals surface area contributed by atoms with Crippen molar-refractivity contribution in [1.29, 1.82) is 0 Å². The normalized spacial score (nSPS) is 22.0. The first-order valence-electron chi connectivity index (χ1n) is 7.08. The van der Waals surface area contributed by atoms with Crippen molar-refractivity contribution >= 4 is 5.91 Å². The van der Waals surface area contributed by atoms with E-state index in [0.717, 1.165) is 13.0 Å². The van der Waals surface area contributed by atoms with Gasteiger partial charge in [0.25, 0.3) is 0 Å². The van der Waals surface area contributed by atoms with Crippen LogP contribution < -0.4 is 5.32 Å². The first-order chi connectivity index (χ1) is 9.51. The highest BCUT2D eigenvalue weighted by atomic mass is 16.5. The Morgan fingerprint density at radius 2 is 2.20 bits per heavy atom. The molecule has 1 aliphatic heterocycles. The Balaban J connectivity index is 1.97. The molecule has 0 aromatic heterocycles. The highest BCUT2D eigenvalue weighted by molar-refractivity contribution is 5.82. The summed E-state index contributed by atoms with van der Waals surface area (Å²) in [5.74, 6) is 0.143. The molecule has 0 radical (unpaired) electrons. The van der Waals surface area contributed by atoms with E-state index in [-0.39, 0.29) is 18.1 Å². The minimum Gasteiger partial charge on any atom is -0.380 e. The number of rotatable bonds is 4. The fraction of sp³-hybridized carbons (Fsp3) is 0.562. The van der Waals surface area contributed by atoms with E-state index in [4.69, 9.17) is 4.74 Å². The number of carbonyl (C=O) groups excluding carboxylic acids is 1. The molecule has 2 atom stereocenters. The van der Waals surface area contributed by atoms with Crippen LogP contribution >= 0.6 is 0 Å². The monoisotopic (exact) mass is 276 g/mol. The number of carbonyl (C=O) groups is 1. The van der Waals surface area contributed by atoms with E-state index in [1.807, 2.05) is 7.05 Å². The van der Waals surface area contributed by atoms with Crippen molar-refractivity contribution in [3.8, 4) is 0 Å². The average Bonchev–Trinajstić information content (AvgIpc) is 2.89. The van der Waals surface area contributed by atoms with Crippen molar-refractivity contribution in [1.82, 2.24) is 10.2 Å². The summed E-state index contributed by atoms with van der Waals surface area (Å²) in [6.45, 7) is 5.58. The third kappa shape index (κ3) is 3.38. The summed E-state index contributed by atoms with van der Waals surface area (Å²) in [7, 11) is 3.56. The van der Waals surface area contributed by atoms with Crippen molar-refractivity contribution in [2.75, 3.05) is 20.7 Å². The first kappa shape index (κ1) is 15.0. The van der Waals surface area contributed by atoms with Gasteiger partial charge in [-0.1, -0.05) is 23.8 Å². The highest BCUT2D eigenvalue weighted by Crippen LogP contribution is 2.16. The molecule has 20 heavy (non-hydrogen) atoms. The van der Waals surface area contributed by atoms with Crippen LogP contribution in [0.25, 0.3) is 0 Å². The van der Waals surface area contributed by atoms with Gasteiger partial charge in [-0.2, -0.15) is 0 Å². The van der Waals surface area contributed by atoms with Gasteiger partial charge in [-0.25, -0.2) is 0 Å². The van der Waals surface area contributed by atoms with Crippen LogP contribution in [0.4, 0.5) is 0 Å². The lowest BCUT2D eigenvalue weighted by atomic mass is 10.1. The molecule has 4 nitrogen and oxygen atoms in total. The van der Waals surface area contributed by atoms with Crippen LogP contribution in [0.5, 0.6) is 0 Å². The summed E-state index contributed by atoms with van der Waals surface area (Å²) < 4.78 is 5.29. The SMILES string of the molecule is COC1CNC(C(=O)N(C)Cc2ccc(C)cc2C)C1. The summed E-state index contributed by atoms with van der Waals surface area (Å²) in [5.41, 5.74) is 3.69. The molecule has 2 rings (SSSR count). The molecule has 0 spiro atoms. The smallest absolute Gasteiger partial charge is 0.239 e. The van der Waals surface area contributed by atoms with Crippen molar-refractivity contribution in [2.24, 2.45) is 0 Å². The summed E-state index contributed by atoms with van der Waals surface area (Å²) >= 11 is 0. The second-order valence-electron chi connectivity index (χ2n) is 5.68. The van der Waals surface area contributed by atoms with Gasteiger partial charge in [0.1, 0.15) is 0 Å². The quantitative estimate of drug-likeness (QED) is 0.909. The minimum absolute atomic E-state index is 0.115. The first-order valence-corrected chi connectivity index (χ1v) is 7.08. The molecule has 1 fully saturated rings. The predicted molar refractivity (Wildman–Crippen MR) is 79.6 cm³/mol. The molecule has 1 aliphatic rings. The molecule has 4 heteroatoms. The number of hydrogen-bond acceptors (Lipinski definition) is 3. The minimum atomic E-state index is -0.115. The molecule has 1 aromatic rings. The number of likely N-dealkylation sites (N-methyl/N-ethyl adjacent to an activating group) is 1. The number of hydrogen-bond donors (Lipinski definition) is 1. The van der Waals surface area contributed by atoms with E-state index in [9.17, 15) is 4.79 Å². The molecule has 110 valence electrons. The van der Waals surface area contributed by atoms with E-state index in [0.29, 0.717) is 6.54 Å². The maximum Gasteiger partial charge on any atom is 0.239 e. The van der Waals surface area contributed by atoms with E-state index in [2.05, 4.69) is 37.4 Å². The molecule has 1 saturated heterocycles. The molecular weight excluding hydrogens is 252 g/mol. The number of nitrogens with zero attached hydrogens (tertiary/aromatic N) is 1. The zero-order valence-electron chi connectivity index (χ0n) is 12.8. The molecule has 0 aliphatic carbocycles. The molecule has 1 N–H and O–H groups in total. The second kappa shape index (κ2) is 6.37. The maximum atomic E-state index is 12.4. The van der Waals surface area contributed by atoms with Gasteiger partial charge >= 0.3 is 0 Å². The Labute approximate surface area is 121 Å². The van der Waals surface area contributed by atoms with Crippen LogP contribution in [0.15, 0.2) is 18.2 Å². The Kier molecular flexibility index (Phi) is 4.78. The van der Waals surface area contributed by atoms with Crippen LogP contribution in [0.2, 0.25) is 0 Å². The third-order valence-corrected chi connectivity index (χ3v) is 4.00. The van der Waals surface area contributed by atoms with Gasteiger partial charge in [0.05, 0.1) is 12.1 Å². The largest absolute Gasteiger partial charge is 0.380 e. The fourth-order valence-electron chi connectivity index (χ4n) is 2.69. The van der Waals surface area contributed by atoms with Gasteiger partial charge < -0.3 is 15.0 Å². The zero-order chi connectivity index (χ0) is 14.7. The summed E-state index contributed by atoms with van der Waals surface area (Å²) in [5, 5.41) is 3.23. The summed E-state index contributed by atoms with van der Waals surface area (Å²) in [4.78, 5) is 14.2. The zero-order valence-corrected chi connectivity index (χ0v) is 12.8. The Morgan fingerprint density at radius 1 is 1.45 bits per heavy atom. The molecule has 1 heterocycles. The van der Waals surface area contributed by atoms with Gasteiger partial charge in [-0.05, 0) is 31.4 Å². The third-order valence-electron chi connectivity index (χ3n) is 4.00. The fourth-order valence-corrected chi connectivity index (χ4v) is 2.69. The van der Waals surface area contributed by atoms with Gasteiger partial charge in [-0.15, -0.1) is 0 Å². The number of ether oxygens (including phenoxy) is 1. The van der Waals surface area contributed by atoms with E-state index >= 15 is 0 Å². The lowest BCUT2D eigenvalue weighted by Gasteiger charge is -2.22. The average molecular weight is 276 g/mol. The van der Waals surface area contributed by atoms with Gasteiger partial charge in [0, 0.05) is 27.2 Å². The van der Waals surface area contributed by atoms with Crippen molar-refractivity contribution < 1.29 is 9.53 Å². The lowest BCUT2D eigenvalue weighted by Crippen LogP contribution is -2.41. The lowest BCUT2D eigenvalue weighted by molar-refractivity contribution is -0.132. The summed E-state index contributed by atoms with van der Waals surface area (Å²) in [6, 6.07) is 6.24. The molecule has 1 aromatic carbocycles. The van der Waals surface area contributed by atoms with Gasteiger partial charge in [-0.3, -0.25) is 4.79 Å². The number of benzene rings is 1. The Hall–Kier alpha value is -1.39. The predicted octanol–water partition coefficient (Wildman–Crippen LogP) is 1.64. The standard InChI is InChI=1S/C16H24N2O2/c1-11-5-6-13(12(2)7-11)10-18(3)16(19)15-8-14(20-4)9-17-15/h5-7,14-15,17H,8-10H2,1-4H3. The van der Waals surface area contributed by atoms with E-state index in [1.54, 1.807) is 12.0 Å². The number of aryl methyl sites for hydroxylation is 2. The number of methoxy groups -OCH3 is 1. The second-order valence-corrected chi connectivity index (χ2v) is 5.68. The molecular formula is C16H24N2O2. The van der Waals surface area contributed by atoms with Crippen LogP contribution in [0, 0.1) is 13.8 Å². The maximum absolute atomic E-state index is 12.4. The number of nitrogens with one attached hydrogen (secondary N) is 1. The van der Waals surface area contributed by atoms with Gasteiger partial charge in [0.2, 0.25) is 5.91 Å². The Bertz CT molecular complexity index is 487. The molecule has 2 unspecified atom stereocenters. The molecule has 0 saturated carbocycles. The summed E-state index contributed by atoms with van der Waals surface area (Å²) in [6.07, 6.45) is 0.908. The van der Waals surface area contributed by atoms with Crippen LogP contribution in [0.3, 0.4) is 0 Å². The van der Waals surface area contributed by atoms with Gasteiger partial charge in [0.15, 0.2) is 0 Å². The Morgan fingerprint density at radius 3 is 2.80 bits per heavy atom. The van der Waals surface area contributed by atoms with Crippen LogP contribution in [0.1, 0.15) is 23.1 Å². The van der Waals surface area contributed by atoms with Crippen molar-refractivity contribution in [2.45, 2.75) is 39.0 Å².